The van der Waals surface area contributed by atoms with E-state index in [0.29, 0.717) is 0 Å². The Labute approximate surface area is 88.3 Å². The van der Waals surface area contributed by atoms with Gasteiger partial charge in [0.1, 0.15) is 0 Å². The number of amidine groups is 1. The highest BCUT2D eigenvalue weighted by atomic mass is 32.2. The lowest BCUT2D eigenvalue weighted by molar-refractivity contribution is 0.651. The Kier molecular flexibility index (Phi) is 3.85. The first kappa shape index (κ1) is 9.71. The SMILES string of the molecule is C1CCC(CNC2=NCCS2)SC1. The van der Waals surface area contributed by atoms with E-state index >= 15 is 0 Å². The Morgan fingerprint density at radius 3 is 3.08 bits per heavy atom. The summed E-state index contributed by atoms with van der Waals surface area (Å²) in [5.74, 6) is 2.52. The fraction of sp³-hybridized carbons (Fsp3) is 0.889. The Morgan fingerprint density at radius 1 is 1.38 bits per heavy atom. The third-order valence-corrected chi connectivity index (χ3v) is 4.67. The van der Waals surface area contributed by atoms with Crippen LogP contribution in [0.1, 0.15) is 19.3 Å². The Morgan fingerprint density at radius 2 is 2.38 bits per heavy atom. The molecule has 1 N–H and O–H groups in total. The zero-order chi connectivity index (χ0) is 8.93. The number of nitrogens with one attached hydrogen (secondary N) is 1. The molecule has 1 unspecified atom stereocenters. The number of nitrogens with zero attached hydrogens (tertiary/aromatic N) is 1. The van der Waals surface area contributed by atoms with Crippen molar-refractivity contribution in [3.8, 4) is 0 Å². The standard InChI is InChI=1S/C9H16N2S2/c1-2-5-12-8(3-1)7-11-9-10-4-6-13-9/h8H,1-7H2,(H,10,11). The molecule has 2 nitrogen and oxygen atoms in total. The van der Waals surface area contributed by atoms with Crippen LogP contribution >= 0.6 is 23.5 Å². The van der Waals surface area contributed by atoms with Gasteiger partial charge in [0.15, 0.2) is 5.17 Å². The molecule has 2 heterocycles. The zero-order valence-corrected chi connectivity index (χ0v) is 9.42. The first-order valence-electron chi connectivity index (χ1n) is 4.98. The molecule has 2 aliphatic rings. The van der Waals surface area contributed by atoms with Crippen LogP contribution in [0.3, 0.4) is 0 Å². The predicted octanol–water partition coefficient (Wildman–Crippen LogP) is 1.96. The molecule has 1 saturated heterocycles. The number of aliphatic imine (C=N–C) groups is 1. The van der Waals surface area contributed by atoms with Gasteiger partial charge in [-0.1, -0.05) is 18.2 Å². The molecule has 2 aliphatic heterocycles. The molecule has 0 aromatic rings. The van der Waals surface area contributed by atoms with E-state index in [4.69, 9.17) is 0 Å². The first-order chi connectivity index (χ1) is 6.45. The monoisotopic (exact) mass is 216 g/mol. The van der Waals surface area contributed by atoms with Gasteiger partial charge in [0.25, 0.3) is 0 Å². The second-order valence-electron chi connectivity index (χ2n) is 3.40. The average molecular weight is 216 g/mol. The van der Waals surface area contributed by atoms with Gasteiger partial charge in [-0.25, -0.2) is 0 Å². The molecule has 1 atom stereocenters. The van der Waals surface area contributed by atoms with Gasteiger partial charge >= 0.3 is 0 Å². The molecular formula is C9H16N2S2. The minimum absolute atomic E-state index is 0.831. The lowest BCUT2D eigenvalue weighted by Gasteiger charge is -2.21. The smallest absolute Gasteiger partial charge is 0.156 e. The van der Waals surface area contributed by atoms with E-state index < -0.39 is 0 Å². The van der Waals surface area contributed by atoms with Crippen molar-refractivity contribution in [2.24, 2.45) is 4.99 Å². The normalized spacial score (nSPS) is 28.6. The van der Waals surface area contributed by atoms with Crippen LogP contribution in [0.5, 0.6) is 0 Å². The van der Waals surface area contributed by atoms with Crippen LogP contribution in [0.2, 0.25) is 0 Å². The van der Waals surface area contributed by atoms with Crippen LogP contribution in [0.4, 0.5) is 0 Å². The van der Waals surface area contributed by atoms with E-state index in [1.807, 2.05) is 11.8 Å². The van der Waals surface area contributed by atoms with Crippen LogP contribution in [-0.4, -0.2) is 35.0 Å². The average Bonchev–Trinajstić information content (AvgIpc) is 2.69. The molecule has 0 bridgehead atoms. The lowest BCUT2D eigenvalue weighted by atomic mass is 10.2. The molecule has 74 valence electrons. The summed E-state index contributed by atoms with van der Waals surface area (Å²) in [7, 11) is 0. The summed E-state index contributed by atoms with van der Waals surface area (Å²) in [6.07, 6.45) is 4.21. The third kappa shape index (κ3) is 3.09. The molecule has 0 aliphatic carbocycles. The van der Waals surface area contributed by atoms with E-state index in [1.165, 1.54) is 35.9 Å². The van der Waals surface area contributed by atoms with E-state index in [-0.39, 0.29) is 0 Å². The maximum absolute atomic E-state index is 4.38. The van der Waals surface area contributed by atoms with Crippen molar-refractivity contribution < 1.29 is 0 Å². The minimum atomic E-state index is 0.831. The molecule has 0 aromatic carbocycles. The van der Waals surface area contributed by atoms with Crippen LogP contribution in [0.15, 0.2) is 4.99 Å². The van der Waals surface area contributed by atoms with Gasteiger partial charge < -0.3 is 5.32 Å². The molecule has 0 saturated carbocycles. The van der Waals surface area contributed by atoms with E-state index in [9.17, 15) is 0 Å². The van der Waals surface area contributed by atoms with E-state index in [1.54, 1.807) is 0 Å². The van der Waals surface area contributed by atoms with Gasteiger partial charge in [-0.2, -0.15) is 11.8 Å². The quantitative estimate of drug-likeness (QED) is 0.763. The molecular weight excluding hydrogens is 200 g/mol. The molecule has 4 heteroatoms. The lowest BCUT2D eigenvalue weighted by Crippen LogP contribution is -2.29. The number of hydrogen-bond donors (Lipinski definition) is 1. The molecule has 2 rings (SSSR count). The summed E-state index contributed by atoms with van der Waals surface area (Å²) in [5, 5.41) is 5.45. The summed E-state index contributed by atoms with van der Waals surface area (Å²) in [6, 6.07) is 0. The van der Waals surface area contributed by atoms with Crippen molar-refractivity contribution in [3.63, 3.8) is 0 Å². The van der Waals surface area contributed by atoms with Crippen molar-refractivity contribution in [3.05, 3.63) is 0 Å². The maximum Gasteiger partial charge on any atom is 0.156 e. The van der Waals surface area contributed by atoms with Gasteiger partial charge in [-0.05, 0) is 18.6 Å². The molecule has 1 fully saturated rings. The Bertz CT molecular complexity index is 188. The van der Waals surface area contributed by atoms with Crippen molar-refractivity contribution in [1.29, 1.82) is 0 Å². The second kappa shape index (κ2) is 5.15. The summed E-state index contributed by atoms with van der Waals surface area (Å²) in [4.78, 5) is 4.38. The van der Waals surface area contributed by atoms with Crippen LogP contribution < -0.4 is 5.32 Å². The zero-order valence-electron chi connectivity index (χ0n) is 7.79. The number of hydrogen-bond acceptors (Lipinski definition) is 4. The van der Waals surface area contributed by atoms with Gasteiger partial charge in [-0.15, -0.1) is 0 Å². The van der Waals surface area contributed by atoms with Crippen molar-refractivity contribution in [1.82, 2.24) is 5.32 Å². The highest BCUT2D eigenvalue weighted by Crippen LogP contribution is 2.24. The first-order valence-corrected chi connectivity index (χ1v) is 7.01. The number of rotatable bonds is 2. The Hall–Kier alpha value is 0.170. The molecule has 13 heavy (non-hydrogen) atoms. The van der Waals surface area contributed by atoms with Crippen LogP contribution in [0, 0.1) is 0 Å². The van der Waals surface area contributed by atoms with Gasteiger partial charge in [-0.3, -0.25) is 4.99 Å². The topological polar surface area (TPSA) is 24.4 Å². The highest BCUT2D eigenvalue weighted by Gasteiger charge is 2.15. The van der Waals surface area contributed by atoms with Gasteiger partial charge in [0.2, 0.25) is 0 Å². The highest BCUT2D eigenvalue weighted by molar-refractivity contribution is 8.14. The van der Waals surface area contributed by atoms with E-state index in [0.717, 1.165) is 18.3 Å². The van der Waals surface area contributed by atoms with Gasteiger partial charge in [0, 0.05) is 17.5 Å². The van der Waals surface area contributed by atoms with Crippen molar-refractivity contribution >= 4 is 28.7 Å². The summed E-state index contributed by atoms with van der Waals surface area (Å²) in [5.41, 5.74) is 0. The maximum atomic E-state index is 4.38. The van der Waals surface area contributed by atoms with Crippen molar-refractivity contribution in [2.75, 3.05) is 24.6 Å². The predicted molar refractivity (Wildman–Crippen MR) is 62.9 cm³/mol. The minimum Gasteiger partial charge on any atom is -0.364 e. The Balaban J connectivity index is 1.66. The summed E-state index contributed by atoms with van der Waals surface area (Å²) >= 11 is 3.98. The van der Waals surface area contributed by atoms with Crippen molar-refractivity contribution in [2.45, 2.75) is 24.5 Å². The second-order valence-corrected chi connectivity index (χ2v) is 5.90. The molecule has 0 amide bonds. The molecule has 0 spiro atoms. The summed E-state index contributed by atoms with van der Waals surface area (Å²) in [6.45, 7) is 2.13. The number of thioether (sulfide) groups is 2. The summed E-state index contributed by atoms with van der Waals surface area (Å²) < 4.78 is 0. The third-order valence-electron chi connectivity index (χ3n) is 2.34. The molecule has 0 aromatic heterocycles. The fourth-order valence-corrected chi connectivity index (χ4v) is 3.59. The fourth-order valence-electron chi connectivity index (χ4n) is 1.61. The van der Waals surface area contributed by atoms with Crippen LogP contribution in [0.25, 0.3) is 0 Å². The largest absolute Gasteiger partial charge is 0.364 e. The van der Waals surface area contributed by atoms with E-state index in [2.05, 4.69) is 22.1 Å². The van der Waals surface area contributed by atoms with Gasteiger partial charge in [0.05, 0.1) is 6.54 Å². The van der Waals surface area contributed by atoms with Crippen LogP contribution in [-0.2, 0) is 0 Å². The molecule has 0 radical (unpaired) electrons.